The zero-order chi connectivity index (χ0) is 18.0. The number of amides is 2. The van der Waals surface area contributed by atoms with Crippen LogP contribution in [0, 0.1) is 5.92 Å². The van der Waals surface area contributed by atoms with Crippen LogP contribution in [0.2, 0.25) is 0 Å². The Morgan fingerprint density at radius 2 is 2.00 bits per heavy atom. The first-order chi connectivity index (χ1) is 12.0. The molecule has 2 saturated heterocycles. The molecule has 1 N–H and O–H groups in total. The van der Waals surface area contributed by atoms with E-state index in [-0.39, 0.29) is 37.9 Å². The largest absolute Gasteiger partial charge is 0.497 e. The fourth-order valence-corrected chi connectivity index (χ4v) is 3.19. The van der Waals surface area contributed by atoms with Crippen molar-refractivity contribution in [2.75, 3.05) is 38.3 Å². The highest BCUT2D eigenvalue weighted by molar-refractivity contribution is 6.00. The summed E-state index contributed by atoms with van der Waals surface area (Å²) in [4.78, 5) is 39.3. The van der Waals surface area contributed by atoms with Gasteiger partial charge in [-0.25, -0.2) is 4.79 Å². The van der Waals surface area contributed by atoms with Gasteiger partial charge in [0.15, 0.2) is 6.04 Å². The molecule has 0 aromatic heterocycles. The molecule has 2 amide bonds. The van der Waals surface area contributed by atoms with Gasteiger partial charge in [0.2, 0.25) is 11.8 Å². The third-order valence-electron chi connectivity index (χ3n) is 4.55. The van der Waals surface area contributed by atoms with E-state index in [1.54, 1.807) is 36.3 Å². The second-order valence-electron chi connectivity index (χ2n) is 6.06. The third-order valence-corrected chi connectivity index (χ3v) is 4.55. The summed E-state index contributed by atoms with van der Waals surface area (Å²) in [6.45, 7) is 0.749. The van der Waals surface area contributed by atoms with Gasteiger partial charge in [-0.15, -0.1) is 0 Å². The minimum atomic E-state index is -1.09. The summed E-state index contributed by atoms with van der Waals surface area (Å²) in [7, 11) is 1.56. The van der Waals surface area contributed by atoms with Gasteiger partial charge in [-0.1, -0.05) is 0 Å². The fraction of sp³-hybridized carbons (Fsp3) is 0.471. The van der Waals surface area contributed by atoms with E-state index < -0.39 is 17.9 Å². The molecular weight excluding hydrogens is 328 g/mol. The number of rotatable bonds is 4. The van der Waals surface area contributed by atoms with Crippen LogP contribution in [0.4, 0.5) is 5.69 Å². The maximum absolute atomic E-state index is 12.7. The molecular formula is C17H20N2O6. The Hall–Kier alpha value is -2.61. The highest BCUT2D eigenvalue weighted by Gasteiger charge is 2.41. The minimum absolute atomic E-state index is 0.0239. The van der Waals surface area contributed by atoms with Gasteiger partial charge in [-0.2, -0.15) is 0 Å². The lowest BCUT2D eigenvalue weighted by Gasteiger charge is -2.34. The van der Waals surface area contributed by atoms with Gasteiger partial charge in [0.25, 0.3) is 0 Å². The lowest BCUT2D eigenvalue weighted by Crippen LogP contribution is -2.54. The van der Waals surface area contributed by atoms with Crippen molar-refractivity contribution in [3.63, 3.8) is 0 Å². The zero-order valence-electron chi connectivity index (χ0n) is 13.9. The van der Waals surface area contributed by atoms with Crippen LogP contribution in [0.3, 0.4) is 0 Å². The molecule has 0 saturated carbocycles. The summed E-state index contributed by atoms with van der Waals surface area (Å²) in [6.07, 6.45) is 0.0779. The summed E-state index contributed by atoms with van der Waals surface area (Å²) in [5, 5.41) is 9.27. The Labute approximate surface area is 144 Å². The Kier molecular flexibility index (Phi) is 4.89. The molecule has 0 radical (unpaired) electrons. The molecule has 2 heterocycles. The summed E-state index contributed by atoms with van der Waals surface area (Å²) in [6, 6.07) is 6.03. The molecule has 2 aliphatic heterocycles. The molecule has 2 unspecified atom stereocenters. The van der Waals surface area contributed by atoms with Gasteiger partial charge in [0, 0.05) is 25.2 Å². The van der Waals surface area contributed by atoms with E-state index in [0.29, 0.717) is 18.0 Å². The van der Waals surface area contributed by atoms with Crippen LogP contribution in [0.5, 0.6) is 5.75 Å². The maximum Gasteiger partial charge on any atom is 0.328 e. The van der Waals surface area contributed by atoms with Crippen LogP contribution >= 0.6 is 0 Å². The number of methoxy groups -OCH3 is 1. The van der Waals surface area contributed by atoms with Crippen molar-refractivity contribution in [2.45, 2.75) is 12.5 Å². The van der Waals surface area contributed by atoms with E-state index in [1.807, 2.05) is 0 Å². The smallest absolute Gasteiger partial charge is 0.328 e. The number of carboxylic acid groups (broad SMARTS) is 1. The molecule has 0 aliphatic carbocycles. The average Bonchev–Trinajstić information content (AvgIpc) is 3.03. The maximum atomic E-state index is 12.7. The molecule has 25 heavy (non-hydrogen) atoms. The Morgan fingerprint density at radius 3 is 2.64 bits per heavy atom. The number of nitrogens with zero attached hydrogens (tertiary/aromatic N) is 2. The minimum Gasteiger partial charge on any atom is -0.497 e. The van der Waals surface area contributed by atoms with Gasteiger partial charge >= 0.3 is 5.97 Å². The zero-order valence-corrected chi connectivity index (χ0v) is 13.9. The molecule has 2 fully saturated rings. The average molecular weight is 348 g/mol. The van der Waals surface area contributed by atoms with E-state index in [2.05, 4.69) is 0 Å². The first kappa shape index (κ1) is 17.2. The van der Waals surface area contributed by atoms with Crippen molar-refractivity contribution in [1.82, 2.24) is 4.90 Å². The monoisotopic (exact) mass is 348 g/mol. The lowest BCUT2D eigenvalue weighted by atomic mass is 10.1. The van der Waals surface area contributed by atoms with Gasteiger partial charge < -0.3 is 24.4 Å². The van der Waals surface area contributed by atoms with Crippen LogP contribution in [0.1, 0.15) is 6.42 Å². The van der Waals surface area contributed by atoms with Crippen LogP contribution in [0.15, 0.2) is 24.3 Å². The van der Waals surface area contributed by atoms with Crippen LogP contribution in [-0.4, -0.2) is 67.2 Å². The molecule has 1 aromatic rings. The van der Waals surface area contributed by atoms with Crippen molar-refractivity contribution < 1.29 is 29.0 Å². The number of benzene rings is 1. The van der Waals surface area contributed by atoms with Crippen molar-refractivity contribution >= 4 is 23.5 Å². The van der Waals surface area contributed by atoms with Crippen molar-refractivity contribution in [2.24, 2.45) is 5.92 Å². The second-order valence-corrected chi connectivity index (χ2v) is 6.06. The fourth-order valence-electron chi connectivity index (χ4n) is 3.19. The third kappa shape index (κ3) is 3.43. The van der Waals surface area contributed by atoms with E-state index in [1.165, 1.54) is 4.90 Å². The van der Waals surface area contributed by atoms with E-state index in [4.69, 9.17) is 9.47 Å². The summed E-state index contributed by atoms with van der Waals surface area (Å²) >= 11 is 0. The predicted octanol–water partition coefficient (Wildman–Crippen LogP) is 0.360. The topological polar surface area (TPSA) is 96.4 Å². The summed E-state index contributed by atoms with van der Waals surface area (Å²) in [5.41, 5.74) is 0.692. The number of hydrogen-bond acceptors (Lipinski definition) is 5. The SMILES string of the molecule is COc1ccc(N2CC(C(=O)N3CCOCC3C(=O)O)CC2=O)cc1. The molecule has 2 aliphatic rings. The van der Waals surface area contributed by atoms with Gasteiger partial charge in [0.05, 0.1) is 26.2 Å². The number of carbonyl (C=O) groups excluding carboxylic acids is 2. The molecule has 2 atom stereocenters. The van der Waals surface area contributed by atoms with Gasteiger partial charge in [-0.3, -0.25) is 9.59 Å². The molecule has 0 spiro atoms. The number of hydrogen-bond donors (Lipinski definition) is 1. The van der Waals surface area contributed by atoms with Crippen molar-refractivity contribution in [1.29, 1.82) is 0 Å². The predicted molar refractivity (Wildman–Crippen MR) is 87.4 cm³/mol. The van der Waals surface area contributed by atoms with E-state index in [9.17, 15) is 19.5 Å². The number of carboxylic acids is 1. The standard InChI is InChI=1S/C17H20N2O6/c1-24-13-4-2-12(3-5-13)19-9-11(8-15(19)20)16(21)18-6-7-25-10-14(18)17(22)23/h2-5,11,14H,6-10H2,1H3,(H,22,23). The summed E-state index contributed by atoms with van der Waals surface area (Å²) in [5.74, 6) is -1.41. The molecule has 8 nitrogen and oxygen atoms in total. The molecule has 0 bridgehead atoms. The number of aliphatic carboxylic acids is 1. The van der Waals surface area contributed by atoms with Crippen LogP contribution in [0.25, 0.3) is 0 Å². The molecule has 3 rings (SSSR count). The quantitative estimate of drug-likeness (QED) is 0.844. The van der Waals surface area contributed by atoms with Crippen LogP contribution < -0.4 is 9.64 Å². The molecule has 1 aromatic carbocycles. The van der Waals surface area contributed by atoms with Gasteiger partial charge in [0.1, 0.15) is 5.75 Å². The first-order valence-electron chi connectivity index (χ1n) is 8.06. The highest BCUT2D eigenvalue weighted by Crippen LogP contribution is 2.28. The number of anilines is 1. The van der Waals surface area contributed by atoms with Crippen molar-refractivity contribution in [3.05, 3.63) is 24.3 Å². The molecule has 8 heteroatoms. The lowest BCUT2D eigenvalue weighted by molar-refractivity contribution is -0.160. The normalized spacial score (nSPS) is 23.6. The number of carbonyl (C=O) groups is 3. The number of ether oxygens (including phenoxy) is 2. The Morgan fingerprint density at radius 1 is 1.28 bits per heavy atom. The Balaban J connectivity index is 1.72. The number of morpholine rings is 1. The highest BCUT2D eigenvalue weighted by atomic mass is 16.5. The summed E-state index contributed by atoms with van der Waals surface area (Å²) < 4.78 is 10.3. The van der Waals surface area contributed by atoms with Crippen molar-refractivity contribution in [3.8, 4) is 5.75 Å². The van der Waals surface area contributed by atoms with Crippen LogP contribution in [-0.2, 0) is 19.1 Å². The first-order valence-corrected chi connectivity index (χ1v) is 8.06. The van der Waals surface area contributed by atoms with Gasteiger partial charge in [-0.05, 0) is 24.3 Å². The van der Waals surface area contributed by atoms with E-state index in [0.717, 1.165) is 0 Å². The Bertz CT molecular complexity index is 674. The van der Waals surface area contributed by atoms with E-state index >= 15 is 0 Å². The second kappa shape index (κ2) is 7.10. The molecule has 134 valence electrons.